The Morgan fingerprint density at radius 1 is 1.47 bits per heavy atom. The van der Waals surface area contributed by atoms with Gasteiger partial charge in [0.2, 0.25) is 0 Å². The molecule has 0 atom stereocenters. The summed E-state index contributed by atoms with van der Waals surface area (Å²) < 4.78 is 7.91. The van der Waals surface area contributed by atoms with Crippen molar-refractivity contribution in [1.82, 2.24) is 9.55 Å². The zero-order valence-corrected chi connectivity index (χ0v) is 11.8. The Morgan fingerprint density at radius 2 is 2.32 bits per heavy atom. The van der Waals surface area contributed by atoms with Gasteiger partial charge in [-0.2, -0.15) is 0 Å². The fraction of sp³-hybridized carbons (Fsp3) is 0.231. The predicted octanol–water partition coefficient (Wildman–Crippen LogP) is 1.96. The summed E-state index contributed by atoms with van der Waals surface area (Å²) in [5.41, 5.74) is 6.64. The quantitative estimate of drug-likeness (QED) is 0.854. The number of aromatic nitrogens is 2. The topological polar surface area (TPSA) is 70.1 Å². The first-order valence-electron chi connectivity index (χ1n) is 5.82. The molecule has 0 saturated heterocycles. The monoisotopic (exact) mass is 323 g/mol. The van der Waals surface area contributed by atoms with E-state index in [9.17, 15) is 4.79 Å². The molecule has 0 spiro atoms. The van der Waals surface area contributed by atoms with Gasteiger partial charge in [0.05, 0.1) is 6.33 Å². The third kappa shape index (κ3) is 3.90. The lowest BCUT2D eigenvalue weighted by Gasteiger charge is -2.03. The third-order valence-corrected chi connectivity index (χ3v) is 2.98. The molecule has 0 aliphatic carbocycles. The normalized spacial score (nSPS) is 10.4. The van der Waals surface area contributed by atoms with Crippen LogP contribution in [0.3, 0.4) is 0 Å². The second kappa shape index (κ2) is 6.49. The number of benzene rings is 1. The Labute approximate surface area is 119 Å². The molecule has 0 aliphatic heterocycles. The number of imidazole rings is 1. The average Bonchev–Trinajstić information content (AvgIpc) is 2.85. The number of nitrogens with zero attached hydrogens (tertiary/aromatic N) is 2. The van der Waals surface area contributed by atoms with Gasteiger partial charge in [-0.3, -0.25) is 0 Å². The smallest absolute Gasteiger partial charge is 0.358 e. The number of hydrogen-bond acceptors (Lipinski definition) is 4. The summed E-state index contributed by atoms with van der Waals surface area (Å²) in [6.07, 6.45) is 3.21. The molecule has 0 fully saturated rings. The van der Waals surface area contributed by atoms with Crippen LogP contribution in [0.5, 0.6) is 0 Å². The highest BCUT2D eigenvalue weighted by molar-refractivity contribution is 9.10. The lowest BCUT2D eigenvalue weighted by atomic mass is 10.2. The fourth-order valence-electron chi connectivity index (χ4n) is 1.59. The van der Waals surface area contributed by atoms with Crippen molar-refractivity contribution in [3.05, 3.63) is 52.5 Å². The maximum Gasteiger partial charge on any atom is 0.358 e. The Bertz CT molecular complexity index is 569. The van der Waals surface area contributed by atoms with Crippen LogP contribution >= 0.6 is 15.9 Å². The molecular formula is C13H14BrN3O2. The Balaban J connectivity index is 1.93. The third-order valence-electron chi connectivity index (χ3n) is 2.49. The minimum absolute atomic E-state index is 0.224. The van der Waals surface area contributed by atoms with Crippen molar-refractivity contribution in [2.75, 3.05) is 6.54 Å². The molecule has 0 aliphatic rings. The molecular weight excluding hydrogens is 310 g/mol. The van der Waals surface area contributed by atoms with Crippen molar-refractivity contribution >= 4 is 21.9 Å². The maximum atomic E-state index is 11.8. The molecule has 5 nitrogen and oxygen atoms in total. The minimum atomic E-state index is -0.434. The first kappa shape index (κ1) is 13.8. The van der Waals surface area contributed by atoms with Crippen molar-refractivity contribution < 1.29 is 9.53 Å². The first-order chi connectivity index (χ1) is 9.19. The van der Waals surface area contributed by atoms with Crippen LogP contribution in [0.2, 0.25) is 0 Å². The highest BCUT2D eigenvalue weighted by Crippen LogP contribution is 2.13. The summed E-state index contributed by atoms with van der Waals surface area (Å²) in [6.45, 7) is 1.36. The predicted molar refractivity (Wildman–Crippen MR) is 74.5 cm³/mol. The van der Waals surface area contributed by atoms with Gasteiger partial charge in [0.15, 0.2) is 5.69 Å². The molecule has 6 heteroatoms. The van der Waals surface area contributed by atoms with Crippen LogP contribution in [0, 0.1) is 0 Å². The summed E-state index contributed by atoms with van der Waals surface area (Å²) in [5.74, 6) is -0.434. The van der Waals surface area contributed by atoms with Crippen LogP contribution < -0.4 is 5.73 Å². The Hall–Kier alpha value is -1.66. The number of esters is 1. The molecule has 0 saturated carbocycles. The van der Waals surface area contributed by atoms with Gasteiger partial charge >= 0.3 is 5.97 Å². The van der Waals surface area contributed by atoms with E-state index in [1.807, 2.05) is 24.3 Å². The second-order valence-electron chi connectivity index (χ2n) is 3.99. The number of rotatable bonds is 5. The van der Waals surface area contributed by atoms with Crippen LogP contribution in [-0.2, 0) is 17.9 Å². The van der Waals surface area contributed by atoms with Crippen molar-refractivity contribution in [3.8, 4) is 0 Å². The van der Waals surface area contributed by atoms with E-state index in [-0.39, 0.29) is 6.61 Å². The van der Waals surface area contributed by atoms with E-state index < -0.39 is 5.97 Å². The van der Waals surface area contributed by atoms with E-state index in [0.29, 0.717) is 18.8 Å². The van der Waals surface area contributed by atoms with Crippen molar-refractivity contribution in [2.45, 2.75) is 13.2 Å². The summed E-state index contributed by atoms with van der Waals surface area (Å²) in [6, 6.07) is 7.61. The van der Waals surface area contributed by atoms with Crippen LogP contribution in [0.25, 0.3) is 0 Å². The summed E-state index contributed by atoms with van der Waals surface area (Å²) in [7, 11) is 0. The van der Waals surface area contributed by atoms with Crippen LogP contribution in [0.1, 0.15) is 16.1 Å². The molecule has 1 aromatic carbocycles. The molecule has 0 amide bonds. The SMILES string of the molecule is NCCn1cnc(C(=O)OCc2cccc(Br)c2)c1. The molecule has 2 N–H and O–H groups in total. The van der Waals surface area contributed by atoms with E-state index in [1.165, 1.54) is 0 Å². The number of nitrogens with two attached hydrogens (primary N) is 1. The zero-order valence-electron chi connectivity index (χ0n) is 10.3. The number of carbonyl (C=O) groups excluding carboxylic acids is 1. The molecule has 1 heterocycles. The molecule has 0 radical (unpaired) electrons. The largest absolute Gasteiger partial charge is 0.456 e. The van der Waals surface area contributed by atoms with Gasteiger partial charge in [-0.1, -0.05) is 28.1 Å². The van der Waals surface area contributed by atoms with Gasteiger partial charge in [0, 0.05) is 23.8 Å². The molecule has 100 valence electrons. The zero-order chi connectivity index (χ0) is 13.7. The minimum Gasteiger partial charge on any atom is -0.456 e. The van der Waals surface area contributed by atoms with Crippen molar-refractivity contribution in [1.29, 1.82) is 0 Å². The molecule has 0 unspecified atom stereocenters. The van der Waals surface area contributed by atoms with Gasteiger partial charge in [-0.15, -0.1) is 0 Å². The van der Waals surface area contributed by atoms with Gasteiger partial charge in [-0.25, -0.2) is 9.78 Å². The maximum absolute atomic E-state index is 11.8. The van der Waals surface area contributed by atoms with Crippen molar-refractivity contribution in [2.24, 2.45) is 5.73 Å². The van der Waals surface area contributed by atoms with Crippen LogP contribution in [0.4, 0.5) is 0 Å². The summed E-state index contributed by atoms with van der Waals surface area (Å²) in [5, 5.41) is 0. The summed E-state index contributed by atoms with van der Waals surface area (Å²) >= 11 is 3.37. The molecule has 1 aromatic heterocycles. The van der Waals surface area contributed by atoms with E-state index in [0.717, 1.165) is 10.0 Å². The number of carbonyl (C=O) groups is 1. The van der Waals surface area contributed by atoms with Crippen LogP contribution in [0.15, 0.2) is 41.3 Å². The Kier molecular flexibility index (Phi) is 4.70. The lowest BCUT2D eigenvalue weighted by Crippen LogP contribution is -2.08. The first-order valence-corrected chi connectivity index (χ1v) is 6.62. The number of halogens is 1. The highest BCUT2D eigenvalue weighted by Gasteiger charge is 2.10. The second-order valence-corrected chi connectivity index (χ2v) is 4.91. The van der Waals surface area contributed by atoms with E-state index in [4.69, 9.17) is 10.5 Å². The molecule has 0 bridgehead atoms. The van der Waals surface area contributed by atoms with Gasteiger partial charge < -0.3 is 15.0 Å². The van der Waals surface area contributed by atoms with Gasteiger partial charge in [-0.05, 0) is 17.7 Å². The fourth-order valence-corrected chi connectivity index (χ4v) is 2.03. The molecule has 2 aromatic rings. The van der Waals surface area contributed by atoms with E-state index >= 15 is 0 Å². The molecule has 19 heavy (non-hydrogen) atoms. The average molecular weight is 324 g/mol. The van der Waals surface area contributed by atoms with Crippen LogP contribution in [-0.4, -0.2) is 22.1 Å². The Morgan fingerprint density at radius 3 is 3.05 bits per heavy atom. The van der Waals surface area contributed by atoms with Gasteiger partial charge in [0.1, 0.15) is 6.61 Å². The standard InChI is InChI=1S/C13H14BrN3O2/c14-11-3-1-2-10(6-11)8-19-13(18)12-7-17(5-4-15)9-16-12/h1-3,6-7,9H,4-5,8,15H2. The number of hydrogen-bond donors (Lipinski definition) is 1. The van der Waals surface area contributed by atoms with Crippen molar-refractivity contribution in [3.63, 3.8) is 0 Å². The van der Waals surface area contributed by atoms with Gasteiger partial charge in [0.25, 0.3) is 0 Å². The highest BCUT2D eigenvalue weighted by atomic mass is 79.9. The summed E-state index contributed by atoms with van der Waals surface area (Å²) in [4.78, 5) is 15.8. The number of ether oxygens (including phenoxy) is 1. The molecule has 2 rings (SSSR count). The van der Waals surface area contributed by atoms with E-state index in [1.54, 1.807) is 17.1 Å². The lowest BCUT2D eigenvalue weighted by molar-refractivity contribution is 0.0466. The van der Waals surface area contributed by atoms with E-state index in [2.05, 4.69) is 20.9 Å².